The van der Waals surface area contributed by atoms with Crippen LogP contribution in [0.5, 0.6) is 0 Å². The van der Waals surface area contributed by atoms with Crippen molar-refractivity contribution < 1.29 is 4.79 Å². The molecule has 0 saturated heterocycles. The normalized spacial score (nSPS) is 10.7. The van der Waals surface area contributed by atoms with Crippen LogP contribution in [0, 0.1) is 6.92 Å². The molecule has 0 aliphatic carbocycles. The first kappa shape index (κ1) is 18.0. The summed E-state index contributed by atoms with van der Waals surface area (Å²) in [6.45, 7) is 5.33. The van der Waals surface area contributed by atoms with Crippen molar-refractivity contribution in [3.05, 3.63) is 48.3 Å². The number of carbonyl (C=O) groups excluding carboxylic acids is 1. The molecule has 134 valence electrons. The number of nitrogens with one attached hydrogen (secondary N) is 1. The summed E-state index contributed by atoms with van der Waals surface area (Å²) < 4.78 is 2.04. The van der Waals surface area contributed by atoms with Gasteiger partial charge in [-0.1, -0.05) is 11.8 Å². The molecular weight excluding hydrogens is 350 g/mol. The highest BCUT2D eigenvalue weighted by Gasteiger charge is 2.10. The molecule has 0 radical (unpaired) electrons. The molecule has 0 spiro atoms. The lowest BCUT2D eigenvalue weighted by Crippen LogP contribution is -2.26. The lowest BCUT2D eigenvalue weighted by atomic mass is 10.2. The van der Waals surface area contributed by atoms with Crippen LogP contribution in [0.2, 0.25) is 0 Å². The maximum atomic E-state index is 12.2. The van der Waals surface area contributed by atoms with Crippen LogP contribution in [0.3, 0.4) is 0 Å². The van der Waals surface area contributed by atoms with Crippen LogP contribution in [0.25, 0.3) is 11.4 Å². The Balaban J connectivity index is 1.50. The fraction of sp³-hybridized carbons (Fsp3) is 0.294. The summed E-state index contributed by atoms with van der Waals surface area (Å²) in [5.41, 5.74) is 1.29. The number of hydrogen-bond acceptors (Lipinski definition) is 7. The van der Waals surface area contributed by atoms with Gasteiger partial charge in [-0.15, -0.1) is 10.2 Å². The van der Waals surface area contributed by atoms with E-state index < -0.39 is 0 Å². The Morgan fingerprint density at radius 2 is 1.92 bits per heavy atom. The summed E-state index contributed by atoms with van der Waals surface area (Å²) in [6.07, 6.45) is 6.42. The smallest absolute Gasteiger partial charge is 0.254 e. The summed E-state index contributed by atoms with van der Waals surface area (Å²) in [4.78, 5) is 24.6. The van der Waals surface area contributed by atoms with E-state index in [0.29, 0.717) is 23.7 Å². The molecule has 3 aromatic heterocycles. The van der Waals surface area contributed by atoms with Crippen molar-refractivity contribution in [1.82, 2.24) is 35.0 Å². The third-order valence-electron chi connectivity index (χ3n) is 3.69. The molecule has 0 saturated carbocycles. The molecule has 0 fully saturated rings. The molecule has 0 unspecified atom stereocenters. The number of rotatable bonds is 7. The van der Waals surface area contributed by atoms with Gasteiger partial charge < -0.3 is 9.88 Å². The Bertz CT molecular complexity index is 865. The van der Waals surface area contributed by atoms with Crippen molar-refractivity contribution in [2.24, 2.45) is 0 Å². The molecular formula is C17H19N7OS. The van der Waals surface area contributed by atoms with Crippen molar-refractivity contribution in [2.45, 2.75) is 25.5 Å². The quantitative estimate of drug-likeness (QED) is 0.502. The van der Waals surface area contributed by atoms with E-state index in [-0.39, 0.29) is 5.91 Å². The van der Waals surface area contributed by atoms with E-state index in [2.05, 4.69) is 37.4 Å². The number of thioether (sulfide) groups is 1. The van der Waals surface area contributed by atoms with Crippen molar-refractivity contribution in [3.63, 3.8) is 0 Å². The molecule has 1 amide bonds. The lowest BCUT2D eigenvalue weighted by molar-refractivity contribution is 0.0955. The van der Waals surface area contributed by atoms with Crippen molar-refractivity contribution in [1.29, 1.82) is 0 Å². The van der Waals surface area contributed by atoms with Crippen LogP contribution in [-0.2, 0) is 6.54 Å². The van der Waals surface area contributed by atoms with Crippen LogP contribution in [-0.4, -0.2) is 47.9 Å². The zero-order chi connectivity index (χ0) is 18.4. The maximum Gasteiger partial charge on any atom is 0.254 e. The SMILES string of the molecule is CCn1c(C)nnc1SCCNC(=O)c1cnc(-c2ccncc2)nc1. The third-order valence-corrected chi connectivity index (χ3v) is 4.66. The number of hydrogen-bond donors (Lipinski definition) is 1. The van der Waals surface area contributed by atoms with Crippen LogP contribution < -0.4 is 5.32 Å². The van der Waals surface area contributed by atoms with E-state index in [9.17, 15) is 4.79 Å². The average Bonchev–Trinajstić information content (AvgIpc) is 3.05. The number of aryl methyl sites for hydroxylation is 1. The molecule has 3 rings (SSSR count). The minimum absolute atomic E-state index is 0.194. The first-order chi connectivity index (χ1) is 12.7. The number of pyridine rings is 1. The highest BCUT2D eigenvalue weighted by atomic mass is 32.2. The zero-order valence-electron chi connectivity index (χ0n) is 14.6. The highest BCUT2D eigenvalue weighted by molar-refractivity contribution is 7.99. The van der Waals surface area contributed by atoms with E-state index in [0.717, 1.165) is 23.1 Å². The van der Waals surface area contributed by atoms with E-state index in [4.69, 9.17) is 0 Å². The topological polar surface area (TPSA) is 98.5 Å². The molecule has 0 aliphatic heterocycles. The summed E-state index contributed by atoms with van der Waals surface area (Å²) in [5.74, 6) is 1.97. The Labute approximate surface area is 155 Å². The average molecular weight is 369 g/mol. The van der Waals surface area contributed by atoms with Gasteiger partial charge in [-0.05, 0) is 26.0 Å². The minimum atomic E-state index is -0.194. The molecule has 3 heterocycles. The van der Waals surface area contributed by atoms with Gasteiger partial charge in [-0.25, -0.2) is 9.97 Å². The Kier molecular flexibility index (Phi) is 5.90. The van der Waals surface area contributed by atoms with Crippen molar-refractivity contribution in [2.75, 3.05) is 12.3 Å². The van der Waals surface area contributed by atoms with Gasteiger partial charge in [0.1, 0.15) is 5.82 Å². The fourth-order valence-electron chi connectivity index (χ4n) is 2.34. The van der Waals surface area contributed by atoms with E-state index >= 15 is 0 Å². The standard InChI is InChI=1S/C17H19N7OS/c1-3-24-12(2)22-23-17(24)26-9-8-19-16(25)14-10-20-15(21-11-14)13-4-6-18-7-5-13/h4-7,10-11H,3,8-9H2,1-2H3,(H,19,25). The summed E-state index contributed by atoms with van der Waals surface area (Å²) in [6, 6.07) is 3.64. The van der Waals surface area contributed by atoms with Gasteiger partial charge in [0.05, 0.1) is 5.56 Å². The van der Waals surface area contributed by atoms with Crippen molar-refractivity contribution in [3.8, 4) is 11.4 Å². The summed E-state index contributed by atoms with van der Waals surface area (Å²) >= 11 is 1.57. The van der Waals surface area contributed by atoms with E-state index in [1.54, 1.807) is 24.2 Å². The molecule has 9 heteroatoms. The number of amides is 1. The van der Waals surface area contributed by atoms with E-state index in [1.807, 2.05) is 23.6 Å². The Morgan fingerprint density at radius 1 is 1.19 bits per heavy atom. The molecule has 0 atom stereocenters. The van der Waals surface area contributed by atoms with Gasteiger partial charge >= 0.3 is 0 Å². The molecule has 0 bridgehead atoms. The maximum absolute atomic E-state index is 12.2. The first-order valence-corrected chi connectivity index (χ1v) is 9.21. The molecule has 3 aromatic rings. The number of carbonyl (C=O) groups is 1. The summed E-state index contributed by atoms with van der Waals surface area (Å²) in [5, 5.41) is 11.9. The van der Waals surface area contributed by atoms with Crippen LogP contribution >= 0.6 is 11.8 Å². The summed E-state index contributed by atoms with van der Waals surface area (Å²) in [7, 11) is 0. The monoisotopic (exact) mass is 369 g/mol. The highest BCUT2D eigenvalue weighted by Crippen LogP contribution is 2.16. The van der Waals surface area contributed by atoms with Gasteiger partial charge in [0, 0.05) is 49.2 Å². The Morgan fingerprint density at radius 3 is 2.62 bits per heavy atom. The fourth-order valence-corrected chi connectivity index (χ4v) is 3.24. The van der Waals surface area contributed by atoms with Crippen LogP contribution in [0.1, 0.15) is 23.1 Å². The second-order valence-corrected chi connectivity index (χ2v) is 6.47. The molecule has 8 nitrogen and oxygen atoms in total. The van der Waals surface area contributed by atoms with Gasteiger partial charge in [-0.2, -0.15) is 0 Å². The number of nitrogens with zero attached hydrogens (tertiary/aromatic N) is 6. The van der Waals surface area contributed by atoms with Gasteiger partial charge in [0.2, 0.25) is 0 Å². The third kappa shape index (κ3) is 4.23. The second kappa shape index (κ2) is 8.52. The predicted octanol–water partition coefficient (Wildman–Crippen LogP) is 1.98. The molecule has 0 aromatic carbocycles. The van der Waals surface area contributed by atoms with Crippen LogP contribution in [0.15, 0.2) is 42.1 Å². The van der Waals surface area contributed by atoms with Gasteiger partial charge in [-0.3, -0.25) is 9.78 Å². The van der Waals surface area contributed by atoms with Gasteiger partial charge in [0.15, 0.2) is 11.0 Å². The molecule has 0 aliphatic rings. The van der Waals surface area contributed by atoms with Crippen molar-refractivity contribution >= 4 is 17.7 Å². The predicted molar refractivity (Wildman–Crippen MR) is 98.8 cm³/mol. The van der Waals surface area contributed by atoms with Gasteiger partial charge in [0.25, 0.3) is 5.91 Å². The second-order valence-electron chi connectivity index (χ2n) is 5.41. The largest absolute Gasteiger partial charge is 0.351 e. The minimum Gasteiger partial charge on any atom is -0.351 e. The molecule has 26 heavy (non-hydrogen) atoms. The van der Waals surface area contributed by atoms with E-state index in [1.165, 1.54) is 12.4 Å². The molecule has 1 N–H and O–H groups in total. The number of aromatic nitrogens is 6. The Hall–Kier alpha value is -2.81. The zero-order valence-corrected chi connectivity index (χ0v) is 15.4. The lowest BCUT2D eigenvalue weighted by Gasteiger charge is -2.06. The van der Waals surface area contributed by atoms with Crippen LogP contribution in [0.4, 0.5) is 0 Å². The first-order valence-electron chi connectivity index (χ1n) is 8.22.